The Bertz CT molecular complexity index is 1050. The van der Waals surface area contributed by atoms with Gasteiger partial charge in [0, 0.05) is 13.1 Å². The van der Waals surface area contributed by atoms with E-state index in [0.29, 0.717) is 17.6 Å². The molecule has 134 valence electrons. The zero-order valence-electron chi connectivity index (χ0n) is 14.8. The Hall–Kier alpha value is -2.73. The number of hydrogen-bond acceptors (Lipinski definition) is 4. The quantitative estimate of drug-likeness (QED) is 0.784. The number of fused-ring (bicyclic) bond motifs is 1. The van der Waals surface area contributed by atoms with Crippen LogP contribution in [0.25, 0.3) is 11.0 Å². The van der Waals surface area contributed by atoms with Gasteiger partial charge >= 0.3 is 5.69 Å². The molecule has 26 heavy (non-hydrogen) atoms. The largest absolute Gasteiger partial charge is 0.332 e. The molecule has 1 unspecified atom stereocenters. The number of nitrogens with zero attached hydrogens (tertiary/aromatic N) is 3. The molecular formula is C20H22N4O2. The molecule has 1 atom stereocenters. The lowest BCUT2D eigenvalue weighted by atomic mass is 10.0. The highest BCUT2D eigenvalue weighted by Gasteiger charge is 2.19. The molecule has 1 aromatic carbocycles. The maximum absolute atomic E-state index is 12.8. The number of rotatable bonds is 3. The molecule has 1 aliphatic rings. The van der Waals surface area contributed by atoms with Gasteiger partial charge in [0.15, 0.2) is 0 Å². The zero-order valence-corrected chi connectivity index (χ0v) is 14.8. The van der Waals surface area contributed by atoms with Crippen molar-refractivity contribution in [1.82, 2.24) is 19.4 Å². The lowest BCUT2D eigenvalue weighted by molar-refractivity contribution is 0.405. The SMILES string of the molecule is Cn1c(=O)c2ccc(C3CCCCN3)nc2n(Cc2ccccc2)c1=O. The number of pyridine rings is 1. The van der Waals surface area contributed by atoms with Crippen LogP contribution in [0.1, 0.15) is 36.6 Å². The second-order valence-corrected chi connectivity index (χ2v) is 6.83. The average Bonchev–Trinajstić information content (AvgIpc) is 2.70. The van der Waals surface area contributed by atoms with Crippen LogP contribution < -0.4 is 16.6 Å². The maximum atomic E-state index is 12.8. The normalized spacial score (nSPS) is 17.5. The highest BCUT2D eigenvalue weighted by Crippen LogP contribution is 2.22. The van der Waals surface area contributed by atoms with Crippen molar-refractivity contribution in [3.05, 3.63) is 74.6 Å². The second kappa shape index (κ2) is 6.88. The van der Waals surface area contributed by atoms with E-state index in [9.17, 15) is 9.59 Å². The lowest BCUT2D eigenvalue weighted by Gasteiger charge is -2.23. The van der Waals surface area contributed by atoms with Crippen LogP contribution >= 0.6 is 0 Å². The van der Waals surface area contributed by atoms with Crippen LogP contribution in [0.2, 0.25) is 0 Å². The Kier molecular flexibility index (Phi) is 4.42. The third-order valence-electron chi connectivity index (χ3n) is 5.06. The fourth-order valence-corrected chi connectivity index (χ4v) is 3.58. The highest BCUT2D eigenvalue weighted by molar-refractivity contribution is 5.74. The summed E-state index contributed by atoms with van der Waals surface area (Å²) in [5, 5.41) is 3.95. The van der Waals surface area contributed by atoms with Crippen LogP contribution in [0.5, 0.6) is 0 Å². The van der Waals surface area contributed by atoms with E-state index < -0.39 is 0 Å². The van der Waals surface area contributed by atoms with Gasteiger partial charge in [-0.2, -0.15) is 0 Å². The first-order valence-electron chi connectivity index (χ1n) is 9.03. The monoisotopic (exact) mass is 350 g/mol. The molecule has 1 N–H and O–H groups in total. The van der Waals surface area contributed by atoms with Crippen molar-refractivity contribution in [2.45, 2.75) is 31.8 Å². The maximum Gasteiger partial charge on any atom is 0.332 e. The summed E-state index contributed by atoms with van der Waals surface area (Å²) >= 11 is 0. The molecule has 2 aromatic heterocycles. The average molecular weight is 350 g/mol. The number of nitrogens with one attached hydrogen (secondary N) is 1. The Morgan fingerprint density at radius 3 is 2.65 bits per heavy atom. The van der Waals surface area contributed by atoms with Gasteiger partial charge in [-0.25, -0.2) is 9.78 Å². The molecule has 6 nitrogen and oxygen atoms in total. The number of hydrogen-bond donors (Lipinski definition) is 1. The van der Waals surface area contributed by atoms with Crippen molar-refractivity contribution < 1.29 is 0 Å². The first-order valence-corrected chi connectivity index (χ1v) is 9.03. The number of piperidine rings is 1. The van der Waals surface area contributed by atoms with Gasteiger partial charge in [-0.1, -0.05) is 36.8 Å². The van der Waals surface area contributed by atoms with Crippen LogP contribution in [0, 0.1) is 0 Å². The van der Waals surface area contributed by atoms with Crippen LogP contribution in [0.15, 0.2) is 52.1 Å². The highest BCUT2D eigenvalue weighted by atomic mass is 16.2. The summed E-state index contributed by atoms with van der Waals surface area (Å²) in [6.45, 7) is 1.36. The van der Waals surface area contributed by atoms with Crippen molar-refractivity contribution >= 4 is 11.0 Å². The smallest absolute Gasteiger partial charge is 0.309 e. The van der Waals surface area contributed by atoms with Crippen LogP contribution in [0.3, 0.4) is 0 Å². The van der Waals surface area contributed by atoms with Gasteiger partial charge in [-0.3, -0.25) is 13.9 Å². The molecule has 3 aromatic rings. The van der Waals surface area contributed by atoms with Crippen LogP contribution in [-0.4, -0.2) is 20.7 Å². The Morgan fingerprint density at radius 1 is 1.12 bits per heavy atom. The first-order chi connectivity index (χ1) is 12.6. The van der Waals surface area contributed by atoms with E-state index in [4.69, 9.17) is 4.98 Å². The Labute approximate surface area is 151 Å². The number of benzene rings is 1. The molecule has 0 radical (unpaired) electrons. The lowest BCUT2D eigenvalue weighted by Crippen LogP contribution is -2.39. The molecule has 6 heteroatoms. The fourth-order valence-electron chi connectivity index (χ4n) is 3.58. The van der Waals surface area contributed by atoms with E-state index in [2.05, 4.69) is 5.32 Å². The molecule has 3 heterocycles. The molecule has 4 rings (SSSR count). The van der Waals surface area contributed by atoms with Gasteiger partial charge in [-0.05, 0) is 37.1 Å². The van der Waals surface area contributed by atoms with E-state index >= 15 is 0 Å². The first kappa shape index (κ1) is 16.7. The topological polar surface area (TPSA) is 68.9 Å². The molecular weight excluding hydrogens is 328 g/mol. The van der Waals surface area contributed by atoms with E-state index in [1.165, 1.54) is 13.5 Å². The van der Waals surface area contributed by atoms with Crippen molar-refractivity contribution in [2.75, 3.05) is 6.54 Å². The van der Waals surface area contributed by atoms with Crippen molar-refractivity contribution in [3.8, 4) is 0 Å². The molecule has 0 bridgehead atoms. The van der Waals surface area contributed by atoms with E-state index in [1.807, 2.05) is 36.4 Å². The molecule has 1 fully saturated rings. The van der Waals surface area contributed by atoms with Gasteiger partial charge in [-0.15, -0.1) is 0 Å². The molecule has 1 saturated heterocycles. The van der Waals surface area contributed by atoms with Gasteiger partial charge in [0.05, 0.1) is 17.6 Å². The summed E-state index contributed by atoms with van der Waals surface area (Å²) in [5.74, 6) is 0. The zero-order chi connectivity index (χ0) is 18.1. The molecule has 0 saturated carbocycles. The van der Waals surface area contributed by atoms with E-state index in [-0.39, 0.29) is 17.3 Å². The minimum Gasteiger partial charge on any atom is -0.309 e. The summed E-state index contributed by atoms with van der Waals surface area (Å²) in [6, 6.07) is 13.6. The Balaban J connectivity index is 1.89. The minimum atomic E-state index is -0.340. The Morgan fingerprint density at radius 2 is 1.92 bits per heavy atom. The van der Waals surface area contributed by atoms with Gasteiger partial charge in [0.1, 0.15) is 5.65 Å². The van der Waals surface area contributed by atoms with Crippen molar-refractivity contribution in [3.63, 3.8) is 0 Å². The predicted molar refractivity (Wildman–Crippen MR) is 101 cm³/mol. The van der Waals surface area contributed by atoms with Gasteiger partial charge in [0.2, 0.25) is 0 Å². The second-order valence-electron chi connectivity index (χ2n) is 6.83. The van der Waals surface area contributed by atoms with E-state index in [0.717, 1.165) is 35.2 Å². The molecule has 0 spiro atoms. The van der Waals surface area contributed by atoms with Crippen LogP contribution in [0.4, 0.5) is 0 Å². The molecule has 1 aliphatic heterocycles. The molecule has 0 amide bonds. The summed E-state index contributed by atoms with van der Waals surface area (Å²) < 4.78 is 2.75. The summed E-state index contributed by atoms with van der Waals surface area (Å²) in [6.07, 6.45) is 3.35. The van der Waals surface area contributed by atoms with Crippen molar-refractivity contribution in [1.29, 1.82) is 0 Å². The van der Waals surface area contributed by atoms with Crippen molar-refractivity contribution in [2.24, 2.45) is 7.05 Å². The van der Waals surface area contributed by atoms with Gasteiger partial charge < -0.3 is 5.32 Å². The fraction of sp³-hybridized carbons (Fsp3) is 0.350. The predicted octanol–water partition coefficient (Wildman–Crippen LogP) is 1.96. The summed E-state index contributed by atoms with van der Waals surface area (Å²) in [7, 11) is 1.52. The third-order valence-corrected chi connectivity index (χ3v) is 5.06. The minimum absolute atomic E-state index is 0.178. The number of aromatic nitrogens is 3. The summed E-state index contributed by atoms with van der Waals surface area (Å²) in [5.41, 5.74) is 1.72. The van der Waals surface area contributed by atoms with Crippen LogP contribution in [-0.2, 0) is 13.6 Å². The standard InChI is InChI=1S/C20H22N4O2/c1-23-19(25)15-10-11-17(16-9-5-6-12-21-16)22-18(15)24(20(23)26)13-14-7-3-2-4-8-14/h2-4,7-8,10-11,16,21H,5-6,9,12-13H2,1H3. The van der Waals surface area contributed by atoms with Gasteiger partial charge in [0.25, 0.3) is 5.56 Å². The molecule has 0 aliphatic carbocycles. The van der Waals surface area contributed by atoms with E-state index in [1.54, 1.807) is 10.6 Å². The third kappa shape index (κ3) is 2.97. The summed E-state index contributed by atoms with van der Waals surface area (Å²) in [4.78, 5) is 30.0.